The van der Waals surface area contributed by atoms with Crippen LogP contribution in [-0.4, -0.2) is 71.4 Å². The minimum absolute atomic E-state index is 0.000754. The Balaban J connectivity index is 1.60. The lowest BCUT2D eigenvalue weighted by Gasteiger charge is -2.41. The van der Waals surface area contributed by atoms with Crippen molar-refractivity contribution >= 4 is 5.91 Å². The highest BCUT2D eigenvalue weighted by atomic mass is 16.3. The maximum atomic E-state index is 14.0. The van der Waals surface area contributed by atoms with E-state index in [0.29, 0.717) is 26.2 Å². The van der Waals surface area contributed by atoms with Gasteiger partial charge in [0, 0.05) is 43.9 Å². The highest BCUT2D eigenvalue weighted by Gasteiger charge is 2.41. The smallest absolute Gasteiger partial charge is 0.245 e. The fourth-order valence-corrected chi connectivity index (χ4v) is 5.29. The first-order valence-corrected chi connectivity index (χ1v) is 13.3. The van der Waals surface area contributed by atoms with Crippen molar-refractivity contribution in [2.24, 2.45) is 11.3 Å². The molecule has 0 bridgehead atoms. The highest BCUT2D eigenvalue weighted by Crippen LogP contribution is 2.40. The van der Waals surface area contributed by atoms with Crippen molar-refractivity contribution in [2.75, 3.05) is 19.6 Å². The Morgan fingerprint density at radius 1 is 1.10 bits per heavy atom. The van der Waals surface area contributed by atoms with Gasteiger partial charge in [-0.2, -0.15) is 0 Å². The third kappa shape index (κ3) is 6.23. The number of carbonyl (C=O) groups excluding carboxylic acids is 1. The van der Waals surface area contributed by atoms with Crippen LogP contribution in [0.15, 0.2) is 73.2 Å². The number of aliphatic hydroxyl groups is 1. The van der Waals surface area contributed by atoms with Crippen molar-refractivity contribution in [3.05, 3.63) is 84.6 Å². The van der Waals surface area contributed by atoms with E-state index >= 15 is 0 Å². The zero-order valence-corrected chi connectivity index (χ0v) is 22.7. The van der Waals surface area contributed by atoms with E-state index < -0.39 is 6.10 Å². The topological polar surface area (TPSA) is 114 Å². The number of rotatable bonds is 9. The van der Waals surface area contributed by atoms with Crippen LogP contribution in [-0.2, 0) is 17.9 Å². The van der Waals surface area contributed by atoms with Crippen molar-refractivity contribution in [2.45, 2.75) is 46.0 Å². The van der Waals surface area contributed by atoms with Gasteiger partial charge in [-0.3, -0.25) is 4.79 Å². The van der Waals surface area contributed by atoms with Crippen LogP contribution in [0.4, 0.5) is 0 Å². The number of imidazole rings is 1. The molecule has 1 aliphatic heterocycles. The van der Waals surface area contributed by atoms with E-state index in [1.807, 2.05) is 53.4 Å². The van der Waals surface area contributed by atoms with Crippen LogP contribution in [0.1, 0.15) is 38.2 Å². The summed E-state index contributed by atoms with van der Waals surface area (Å²) in [5, 5.41) is 25.2. The van der Waals surface area contributed by atoms with Crippen molar-refractivity contribution < 1.29 is 9.90 Å². The first-order valence-electron chi connectivity index (χ1n) is 13.3. The molecule has 4 aromatic rings. The Bertz CT molecular complexity index is 1350. The van der Waals surface area contributed by atoms with Crippen LogP contribution in [0.5, 0.6) is 0 Å². The van der Waals surface area contributed by atoms with Gasteiger partial charge < -0.3 is 19.9 Å². The first-order chi connectivity index (χ1) is 18.8. The maximum absolute atomic E-state index is 14.0. The largest absolute Gasteiger partial charge is 0.391 e. The number of hydrogen-bond acceptors (Lipinski definition) is 7. The second-order valence-corrected chi connectivity index (χ2v) is 11.3. The molecule has 0 aliphatic carbocycles. The summed E-state index contributed by atoms with van der Waals surface area (Å²) in [4.78, 5) is 21.0. The van der Waals surface area contributed by atoms with E-state index in [9.17, 15) is 9.90 Å². The Morgan fingerprint density at radius 3 is 2.44 bits per heavy atom. The number of nitrogens with one attached hydrogen (secondary N) is 1. The molecule has 10 nitrogen and oxygen atoms in total. The first kappa shape index (κ1) is 26.7. The Morgan fingerprint density at radius 2 is 1.82 bits per heavy atom. The molecule has 204 valence electrons. The monoisotopic (exact) mass is 528 g/mol. The van der Waals surface area contributed by atoms with Crippen LogP contribution >= 0.6 is 0 Å². The van der Waals surface area contributed by atoms with Gasteiger partial charge in [-0.15, -0.1) is 5.10 Å². The van der Waals surface area contributed by atoms with Crippen LogP contribution in [0.3, 0.4) is 0 Å². The molecule has 2 aromatic carbocycles. The predicted octanol–water partition coefficient (Wildman–Crippen LogP) is 2.78. The van der Waals surface area contributed by atoms with Crippen LogP contribution in [0.25, 0.3) is 11.3 Å². The number of hydrogen-bond donors (Lipinski definition) is 2. The molecule has 3 heterocycles. The van der Waals surface area contributed by atoms with E-state index in [1.165, 1.54) is 11.0 Å². The lowest BCUT2D eigenvalue weighted by Crippen LogP contribution is -2.47. The minimum Gasteiger partial charge on any atom is -0.391 e. The molecule has 0 unspecified atom stereocenters. The molecule has 1 fully saturated rings. The molecule has 1 saturated heterocycles. The van der Waals surface area contributed by atoms with Crippen molar-refractivity contribution in [1.29, 1.82) is 0 Å². The van der Waals surface area contributed by atoms with Gasteiger partial charge >= 0.3 is 0 Å². The molecule has 0 saturated carbocycles. The summed E-state index contributed by atoms with van der Waals surface area (Å²) in [7, 11) is 0. The number of carbonyl (C=O) groups is 1. The average molecular weight is 529 g/mol. The van der Waals surface area contributed by atoms with Gasteiger partial charge in [0.25, 0.3) is 0 Å². The summed E-state index contributed by atoms with van der Waals surface area (Å²) >= 11 is 0. The standard InChI is InChI=1S/C29H36N8O2/c1-29(2,3)27(37(17-23-14-30-15-25(23)38)26(39)19-36-20-31-33-34-36)28-32-24(22-12-8-5-9-13-22)18-35(28)16-21-10-6-4-7-11-21/h4-13,18,20,23,25,27,30,38H,14-17,19H2,1-3H3/t23-,25+,27-/m0/s1. The van der Waals surface area contributed by atoms with Crippen LogP contribution in [0.2, 0.25) is 0 Å². The fraction of sp³-hybridized carbons (Fsp3) is 0.414. The molecule has 2 aromatic heterocycles. The molecule has 2 N–H and O–H groups in total. The fourth-order valence-electron chi connectivity index (χ4n) is 5.29. The molecule has 1 aliphatic rings. The van der Waals surface area contributed by atoms with Crippen molar-refractivity contribution in [1.82, 2.24) is 40.0 Å². The molecule has 39 heavy (non-hydrogen) atoms. The molecule has 0 radical (unpaired) electrons. The molecule has 10 heteroatoms. The van der Waals surface area contributed by atoms with Crippen molar-refractivity contribution in [3.8, 4) is 11.3 Å². The highest BCUT2D eigenvalue weighted by molar-refractivity contribution is 5.76. The number of benzene rings is 2. The zero-order valence-electron chi connectivity index (χ0n) is 22.7. The second kappa shape index (κ2) is 11.5. The van der Waals surface area contributed by atoms with E-state index in [2.05, 4.69) is 64.5 Å². The lowest BCUT2D eigenvalue weighted by molar-refractivity contribution is -0.139. The van der Waals surface area contributed by atoms with Gasteiger partial charge in [0.1, 0.15) is 18.7 Å². The summed E-state index contributed by atoms with van der Waals surface area (Å²) in [6.45, 7) is 8.54. The molecule has 1 amide bonds. The number of tetrazole rings is 1. The van der Waals surface area contributed by atoms with E-state index in [4.69, 9.17) is 4.98 Å². The summed E-state index contributed by atoms with van der Waals surface area (Å²) in [5.74, 6) is 0.575. The number of aromatic nitrogens is 6. The van der Waals surface area contributed by atoms with E-state index in [-0.39, 0.29) is 29.8 Å². The number of amides is 1. The SMILES string of the molecule is CC(C)(C)[C@H](c1nc(-c2ccccc2)cn1Cc1ccccc1)N(C[C@@H]1CNC[C@H]1O)C(=O)Cn1cnnn1. The second-order valence-electron chi connectivity index (χ2n) is 11.3. The molecular weight excluding hydrogens is 492 g/mol. The molecule has 0 spiro atoms. The van der Waals surface area contributed by atoms with Gasteiger partial charge in [0.05, 0.1) is 17.8 Å². The number of β-amino-alcohol motifs (C(OH)–C–C–N with tert-alkyl or cyclic N) is 1. The van der Waals surface area contributed by atoms with Crippen molar-refractivity contribution in [3.63, 3.8) is 0 Å². The molecular formula is C29H36N8O2. The van der Waals surface area contributed by atoms with Gasteiger partial charge in [-0.25, -0.2) is 9.67 Å². The van der Waals surface area contributed by atoms with Gasteiger partial charge in [-0.1, -0.05) is 81.4 Å². The summed E-state index contributed by atoms with van der Waals surface area (Å²) in [6.07, 6.45) is 2.99. The summed E-state index contributed by atoms with van der Waals surface area (Å²) < 4.78 is 3.60. The average Bonchev–Trinajstić information content (AvgIpc) is 3.67. The molecule has 3 atom stereocenters. The molecule has 5 rings (SSSR count). The van der Waals surface area contributed by atoms with E-state index in [1.54, 1.807) is 0 Å². The Hall–Kier alpha value is -3.89. The van der Waals surface area contributed by atoms with E-state index in [0.717, 1.165) is 22.6 Å². The van der Waals surface area contributed by atoms with Gasteiger partial charge in [0.15, 0.2) is 0 Å². The maximum Gasteiger partial charge on any atom is 0.245 e. The normalized spacial score (nSPS) is 18.3. The Labute approximate surface area is 228 Å². The lowest BCUT2D eigenvalue weighted by atomic mass is 9.84. The third-order valence-corrected chi connectivity index (χ3v) is 7.19. The quantitative estimate of drug-likeness (QED) is 0.343. The summed E-state index contributed by atoms with van der Waals surface area (Å²) in [6, 6.07) is 20.0. The Kier molecular flexibility index (Phi) is 7.85. The summed E-state index contributed by atoms with van der Waals surface area (Å²) in [5.41, 5.74) is 2.64. The predicted molar refractivity (Wildman–Crippen MR) is 147 cm³/mol. The zero-order chi connectivity index (χ0) is 27.4. The minimum atomic E-state index is -0.530. The van der Waals surface area contributed by atoms with Gasteiger partial charge in [0.2, 0.25) is 5.91 Å². The van der Waals surface area contributed by atoms with Gasteiger partial charge in [-0.05, 0) is 21.4 Å². The third-order valence-electron chi connectivity index (χ3n) is 7.19. The van der Waals surface area contributed by atoms with Crippen LogP contribution < -0.4 is 5.32 Å². The number of aliphatic hydroxyl groups excluding tert-OH is 1. The van der Waals surface area contributed by atoms with Crippen LogP contribution in [0, 0.1) is 11.3 Å². The number of nitrogens with zero attached hydrogens (tertiary/aromatic N) is 7.